The minimum atomic E-state index is -1.99. The van der Waals surface area contributed by atoms with Crippen molar-refractivity contribution >= 4 is 11.6 Å². The van der Waals surface area contributed by atoms with Gasteiger partial charge in [-0.3, -0.25) is 9.59 Å². The van der Waals surface area contributed by atoms with Gasteiger partial charge in [-0.25, -0.2) is 0 Å². The van der Waals surface area contributed by atoms with E-state index in [2.05, 4.69) is 0 Å². The van der Waals surface area contributed by atoms with Gasteiger partial charge in [0.1, 0.15) is 62.0 Å². The van der Waals surface area contributed by atoms with E-state index in [-0.39, 0.29) is 0 Å². The van der Waals surface area contributed by atoms with Crippen molar-refractivity contribution in [3.05, 3.63) is 0 Å². The van der Waals surface area contributed by atoms with Gasteiger partial charge >= 0.3 is 0 Å². The van der Waals surface area contributed by atoms with Gasteiger partial charge in [0.25, 0.3) is 0 Å². The van der Waals surface area contributed by atoms with E-state index in [4.69, 9.17) is 61.3 Å². The molecular weight excluding hydrogens is 392 g/mol. The summed E-state index contributed by atoms with van der Waals surface area (Å²) in [5, 5.41) is 105. The first-order valence-electron chi connectivity index (χ1n) is 7.84. The molecule has 0 aliphatic heterocycles. The monoisotopic (exact) mass is 420 g/mol. The third kappa shape index (κ3) is 9.37. The molecule has 12 N–H and O–H groups in total. The molecule has 0 heterocycles. The van der Waals surface area contributed by atoms with Crippen LogP contribution in [0.1, 0.15) is 0 Å². The Kier molecular flexibility index (Phi) is 15.4. The van der Waals surface area contributed by atoms with Crippen LogP contribution in [-0.4, -0.2) is 148 Å². The highest BCUT2D eigenvalue weighted by Gasteiger charge is 2.34. The predicted octanol–water partition coefficient (Wildman–Crippen LogP) is -8.03. The molecule has 0 radical (unpaired) electrons. The van der Waals surface area contributed by atoms with Gasteiger partial charge in [0.2, 0.25) is 0 Å². The standard InChI is InChI=1S/2C7H14O7/c2*8-1-3(10)5(12)7(14)6(13)4(11)2-9/h2*3,5-10,12-14H,1-2H2/t2*3-,5-,6-,7-/m11/s1. The molecule has 0 unspecified atom stereocenters. The molecule has 14 nitrogen and oxygen atoms in total. The zero-order chi connectivity index (χ0) is 22.6. The van der Waals surface area contributed by atoms with E-state index in [1.54, 1.807) is 0 Å². The summed E-state index contributed by atoms with van der Waals surface area (Å²) in [6, 6.07) is 0. The van der Waals surface area contributed by atoms with Gasteiger partial charge in [-0.15, -0.1) is 0 Å². The minimum absolute atomic E-state index is 0.821. The van der Waals surface area contributed by atoms with Crippen molar-refractivity contribution in [2.45, 2.75) is 48.8 Å². The minimum Gasteiger partial charge on any atom is -0.394 e. The Hall–Kier alpha value is -1.14. The fraction of sp³-hybridized carbons (Fsp3) is 0.857. The van der Waals surface area contributed by atoms with Crippen molar-refractivity contribution in [3.63, 3.8) is 0 Å². The molecule has 0 aliphatic carbocycles. The molecule has 14 heteroatoms. The van der Waals surface area contributed by atoms with Gasteiger partial charge in [0, 0.05) is 0 Å². The van der Waals surface area contributed by atoms with E-state index in [9.17, 15) is 9.59 Å². The highest BCUT2D eigenvalue weighted by atomic mass is 16.4. The fourth-order valence-corrected chi connectivity index (χ4v) is 1.61. The van der Waals surface area contributed by atoms with Crippen LogP contribution < -0.4 is 0 Å². The summed E-state index contributed by atoms with van der Waals surface area (Å²) >= 11 is 0. The van der Waals surface area contributed by atoms with E-state index < -0.39 is 86.8 Å². The van der Waals surface area contributed by atoms with Gasteiger partial charge < -0.3 is 61.3 Å². The van der Waals surface area contributed by atoms with E-state index in [1.807, 2.05) is 0 Å². The Morgan fingerprint density at radius 2 is 0.750 bits per heavy atom. The largest absolute Gasteiger partial charge is 0.394 e. The number of carbonyl (C=O) groups is 2. The number of hydrogen-bond donors (Lipinski definition) is 12. The summed E-state index contributed by atoms with van der Waals surface area (Å²) in [5.74, 6) is -2.16. The van der Waals surface area contributed by atoms with Gasteiger partial charge in [-0.1, -0.05) is 0 Å². The third-order valence-corrected chi connectivity index (χ3v) is 3.48. The first-order valence-corrected chi connectivity index (χ1v) is 7.84. The van der Waals surface area contributed by atoms with E-state index in [0.717, 1.165) is 0 Å². The molecule has 8 atom stereocenters. The van der Waals surface area contributed by atoms with Gasteiger partial charge in [0.05, 0.1) is 13.2 Å². The molecule has 0 aromatic heterocycles. The molecule has 0 aromatic rings. The van der Waals surface area contributed by atoms with Crippen molar-refractivity contribution in [1.82, 2.24) is 0 Å². The van der Waals surface area contributed by atoms with Gasteiger partial charge in [-0.2, -0.15) is 0 Å². The lowest BCUT2D eigenvalue weighted by atomic mass is 10.0. The lowest BCUT2D eigenvalue weighted by Gasteiger charge is -2.24. The lowest BCUT2D eigenvalue weighted by molar-refractivity contribution is -0.149. The van der Waals surface area contributed by atoms with E-state index >= 15 is 0 Å². The van der Waals surface area contributed by atoms with Gasteiger partial charge in [0.15, 0.2) is 11.6 Å². The van der Waals surface area contributed by atoms with Crippen molar-refractivity contribution in [2.24, 2.45) is 0 Å². The average molecular weight is 420 g/mol. The molecule has 0 aromatic carbocycles. The molecule has 0 amide bonds. The number of hydrogen-bond acceptors (Lipinski definition) is 14. The molecule has 0 saturated heterocycles. The second-order valence-electron chi connectivity index (χ2n) is 5.60. The Balaban J connectivity index is 0. The Labute approximate surface area is 158 Å². The molecule has 0 bridgehead atoms. The van der Waals surface area contributed by atoms with Crippen LogP contribution in [-0.2, 0) is 9.59 Å². The van der Waals surface area contributed by atoms with Crippen molar-refractivity contribution < 1.29 is 70.9 Å². The van der Waals surface area contributed by atoms with Crippen LogP contribution in [0, 0.1) is 0 Å². The highest BCUT2D eigenvalue weighted by Crippen LogP contribution is 2.06. The van der Waals surface area contributed by atoms with E-state index in [1.165, 1.54) is 0 Å². The normalized spacial score (nSPS) is 19.9. The van der Waals surface area contributed by atoms with Crippen molar-refractivity contribution in [3.8, 4) is 0 Å². The number of ketones is 2. The second kappa shape index (κ2) is 14.8. The van der Waals surface area contributed by atoms with Crippen LogP contribution in [0.3, 0.4) is 0 Å². The molecule has 168 valence electrons. The maximum Gasteiger partial charge on any atom is 0.189 e. The van der Waals surface area contributed by atoms with Crippen LogP contribution in [0.2, 0.25) is 0 Å². The smallest absolute Gasteiger partial charge is 0.189 e. The first kappa shape index (κ1) is 29.1. The Morgan fingerprint density at radius 3 is 0.929 bits per heavy atom. The quantitative estimate of drug-likeness (QED) is 0.140. The summed E-state index contributed by atoms with van der Waals surface area (Å²) in [4.78, 5) is 21.3. The van der Waals surface area contributed by atoms with Crippen LogP contribution in [0.5, 0.6) is 0 Å². The number of rotatable bonds is 12. The predicted molar refractivity (Wildman–Crippen MR) is 86.4 cm³/mol. The number of carbonyl (C=O) groups excluding carboxylic acids is 2. The summed E-state index contributed by atoms with van der Waals surface area (Å²) in [5.41, 5.74) is 0. The molecule has 0 fully saturated rings. The fourth-order valence-electron chi connectivity index (χ4n) is 1.61. The number of aliphatic hydroxyl groups is 12. The summed E-state index contributed by atoms with van der Waals surface area (Å²) < 4.78 is 0. The van der Waals surface area contributed by atoms with Crippen LogP contribution in [0.4, 0.5) is 0 Å². The lowest BCUT2D eigenvalue weighted by Crippen LogP contribution is -2.49. The van der Waals surface area contributed by atoms with Crippen molar-refractivity contribution in [2.75, 3.05) is 26.4 Å². The number of aliphatic hydroxyl groups excluding tert-OH is 12. The van der Waals surface area contributed by atoms with Crippen molar-refractivity contribution in [1.29, 1.82) is 0 Å². The van der Waals surface area contributed by atoms with Crippen LogP contribution in [0.15, 0.2) is 0 Å². The topological polar surface area (TPSA) is 277 Å². The summed E-state index contributed by atoms with van der Waals surface area (Å²) in [7, 11) is 0. The maximum absolute atomic E-state index is 10.7. The van der Waals surface area contributed by atoms with E-state index in [0.29, 0.717) is 0 Å². The molecular formula is C14H28O14. The zero-order valence-electron chi connectivity index (χ0n) is 14.6. The first-order chi connectivity index (χ1) is 12.9. The van der Waals surface area contributed by atoms with Crippen LogP contribution in [0.25, 0.3) is 0 Å². The SMILES string of the molecule is O=C(CO)[C@@H](O)[C@H](O)[C@H](O)[C@H](O)CO.O=C(CO)[C@@H](O)[C@H](O)[C@H](O)[C@H](O)CO. The molecule has 0 saturated carbocycles. The van der Waals surface area contributed by atoms with Gasteiger partial charge in [-0.05, 0) is 0 Å². The third-order valence-electron chi connectivity index (χ3n) is 3.48. The summed E-state index contributed by atoms with van der Waals surface area (Å²) in [6.07, 6.45) is -14.9. The van der Waals surface area contributed by atoms with Crippen LogP contribution >= 0.6 is 0 Å². The Bertz CT molecular complexity index is 406. The Morgan fingerprint density at radius 1 is 0.500 bits per heavy atom. The molecule has 28 heavy (non-hydrogen) atoms. The summed E-state index contributed by atoms with van der Waals surface area (Å²) in [6.45, 7) is -3.61. The molecule has 0 spiro atoms. The average Bonchev–Trinajstić information content (AvgIpc) is 2.73. The zero-order valence-corrected chi connectivity index (χ0v) is 14.6. The molecule has 0 aliphatic rings. The highest BCUT2D eigenvalue weighted by molar-refractivity contribution is 5.84. The second-order valence-corrected chi connectivity index (χ2v) is 5.60. The maximum atomic E-state index is 10.7. The molecule has 0 rings (SSSR count). The number of Topliss-reactive ketones (excluding diaryl/α,β-unsaturated/α-hetero) is 2.